The van der Waals surface area contributed by atoms with Gasteiger partial charge in [-0.05, 0) is 106 Å². The molecule has 274 valence electrons. The predicted molar refractivity (Wildman–Crippen MR) is 227 cm³/mol. The second-order valence-electron chi connectivity index (χ2n) is 14.4. The molecule has 0 N–H and O–H groups in total. The van der Waals surface area contributed by atoms with E-state index in [0.717, 1.165) is 77.2 Å². The standard InChI is InChI=1S/C48H32N10/c1-27-51-28(2)54-47(53-27)34-16-18-42-38(23-34)36-12-5-7-14-40(36)57(42)44-21-32(26-50)22-45(46(44)33-11-9-10-31(20-33)25-49)58-41-15-8-6-13-37(41)39-24-35(17-19-43(39)58)48-55-29(3)52-30(4)56-48/h5-24H,1-4H3. The van der Waals surface area contributed by atoms with Gasteiger partial charge in [-0.2, -0.15) is 10.5 Å². The Bertz CT molecular complexity index is 3200. The van der Waals surface area contributed by atoms with Crippen LogP contribution in [0.5, 0.6) is 0 Å². The van der Waals surface area contributed by atoms with Crippen molar-refractivity contribution >= 4 is 43.6 Å². The van der Waals surface area contributed by atoms with Crippen LogP contribution in [-0.4, -0.2) is 39.0 Å². The monoisotopic (exact) mass is 748 g/mol. The van der Waals surface area contributed by atoms with Crippen molar-refractivity contribution in [3.8, 4) is 57.4 Å². The molecule has 0 spiro atoms. The van der Waals surface area contributed by atoms with Gasteiger partial charge in [-0.3, -0.25) is 0 Å². The molecular formula is C48H32N10. The Morgan fingerprint density at radius 3 is 1.31 bits per heavy atom. The first-order valence-electron chi connectivity index (χ1n) is 18.8. The van der Waals surface area contributed by atoms with Crippen molar-refractivity contribution in [1.82, 2.24) is 39.0 Å². The van der Waals surface area contributed by atoms with E-state index in [0.29, 0.717) is 46.1 Å². The first kappa shape index (κ1) is 34.4. The van der Waals surface area contributed by atoms with Crippen molar-refractivity contribution in [2.45, 2.75) is 27.7 Å². The van der Waals surface area contributed by atoms with Crippen LogP contribution < -0.4 is 0 Å². The van der Waals surface area contributed by atoms with Crippen LogP contribution in [0.2, 0.25) is 0 Å². The first-order valence-corrected chi connectivity index (χ1v) is 18.8. The smallest absolute Gasteiger partial charge is 0.163 e. The fraction of sp³-hybridized carbons (Fsp3) is 0.0833. The van der Waals surface area contributed by atoms with Crippen LogP contribution in [-0.2, 0) is 0 Å². The van der Waals surface area contributed by atoms with Gasteiger partial charge in [0.05, 0.1) is 56.7 Å². The van der Waals surface area contributed by atoms with E-state index in [9.17, 15) is 10.5 Å². The summed E-state index contributed by atoms with van der Waals surface area (Å²) in [4.78, 5) is 27.4. The van der Waals surface area contributed by atoms with Crippen molar-refractivity contribution in [3.05, 3.63) is 156 Å². The molecule has 0 atom stereocenters. The minimum absolute atomic E-state index is 0.488. The van der Waals surface area contributed by atoms with E-state index >= 15 is 0 Å². The van der Waals surface area contributed by atoms with Crippen LogP contribution in [0.3, 0.4) is 0 Å². The van der Waals surface area contributed by atoms with E-state index in [1.54, 1.807) is 0 Å². The average molecular weight is 749 g/mol. The Morgan fingerprint density at radius 2 is 0.845 bits per heavy atom. The van der Waals surface area contributed by atoms with Crippen LogP contribution in [0.15, 0.2) is 121 Å². The zero-order valence-electron chi connectivity index (χ0n) is 32.0. The number of fused-ring (bicyclic) bond motifs is 6. The third kappa shape index (κ3) is 5.55. The molecule has 0 unspecified atom stereocenters. The third-order valence-corrected chi connectivity index (χ3v) is 10.6. The van der Waals surface area contributed by atoms with Crippen LogP contribution in [0.25, 0.3) is 88.9 Å². The Balaban J connectivity index is 1.32. The summed E-state index contributed by atoms with van der Waals surface area (Å²) in [6, 6.07) is 45.5. The quantitative estimate of drug-likeness (QED) is 0.170. The number of hydrogen-bond donors (Lipinski definition) is 0. The second kappa shape index (κ2) is 13.3. The van der Waals surface area contributed by atoms with Gasteiger partial charge in [-0.15, -0.1) is 0 Å². The van der Waals surface area contributed by atoms with Crippen LogP contribution in [0.4, 0.5) is 0 Å². The molecule has 0 aliphatic rings. The molecular weight excluding hydrogens is 717 g/mol. The molecule has 0 fully saturated rings. The van der Waals surface area contributed by atoms with Gasteiger partial charge >= 0.3 is 0 Å². The van der Waals surface area contributed by atoms with Crippen LogP contribution >= 0.6 is 0 Å². The molecule has 0 saturated carbocycles. The molecule has 10 aromatic rings. The Morgan fingerprint density at radius 1 is 0.397 bits per heavy atom. The largest absolute Gasteiger partial charge is 0.308 e. The lowest BCUT2D eigenvalue weighted by Crippen LogP contribution is -2.05. The predicted octanol–water partition coefficient (Wildman–Crippen LogP) is 10.2. The Kier molecular flexibility index (Phi) is 7.89. The van der Waals surface area contributed by atoms with Crippen molar-refractivity contribution in [1.29, 1.82) is 10.5 Å². The zero-order chi connectivity index (χ0) is 39.7. The van der Waals surface area contributed by atoms with Crippen molar-refractivity contribution in [3.63, 3.8) is 0 Å². The summed E-state index contributed by atoms with van der Waals surface area (Å²) in [5.74, 6) is 3.86. The molecule has 4 heterocycles. The maximum Gasteiger partial charge on any atom is 0.163 e. The first-order chi connectivity index (χ1) is 28.3. The van der Waals surface area contributed by atoms with Crippen LogP contribution in [0.1, 0.15) is 34.4 Å². The summed E-state index contributed by atoms with van der Waals surface area (Å²) in [6.45, 7) is 7.49. The van der Waals surface area contributed by atoms with Gasteiger partial charge in [-0.25, -0.2) is 29.9 Å². The molecule has 0 bridgehead atoms. The van der Waals surface area contributed by atoms with Gasteiger partial charge in [0, 0.05) is 38.2 Å². The Labute approximate surface area is 333 Å². The molecule has 58 heavy (non-hydrogen) atoms. The number of aryl methyl sites for hydroxylation is 4. The second-order valence-corrected chi connectivity index (χ2v) is 14.4. The number of nitriles is 2. The maximum atomic E-state index is 10.7. The summed E-state index contributed by atoms with van der Waals surface area (Å²) in [5, 5.41) is 25.0. The molecule has 6 aromatic carbocycles. The van der Waals surface area contributed by atoms with E-state index in [1.165, 1.54) is 0 Å². The molecule has 10 rings (SSSR count). The molecule has 0 amide bonds. The highest BCUT2D eigenvalue weighted by molar-refractivity contribution is 6.13. The fourth-order valence-electron chi connectivity index (χ4n) is 8.30. The van der Waals surface area contributed by atoms with E-state index in [1.807, 2.05) is 100 Å². The molecule has 0 radical (unpaired) electrons. The topological polar surface area (TPSA) is 135 Å². The molecule has 0 aliphatic carbocycles. The van der Waals surface area contributed by atoms with Gasteiger partial charge in [-0.1, -0.05) is 48.5 Å². The number of nitrogens with zero attached hydrogens (tertiary/aromatic N) is 10. The number of hydrogen-bond acceptors (Lipinski definition) is 8. The highest BCUT2D eigenvalue weighted by Crippen LogP contribution is 2.43. The summed E-state index contributed by atoms with van der Waals surface area (Å²) < 4.78 is 4.46. The van der Waals surface area contributed by atoms with Crippen molar-refractivity contribution < 1.29 is 0 Å². The van der Waals surface area contributed by atoms with Gasteiger partial charge in [0.25, 0.3) is 0 Å². The number of aromatic nitrogens is 8. The van der Waals surface area contributed by atoms with E-state index in [4.69, 9.17) is 0 Å². The minimum atomic E-state index is 0.488. The van der Waals surface area contributed by atoms with Crippen LogP contribution in [0, 0.1) is 50.4 Å². The number of para-hydroxylation sites is 2. The molecule has 10 nitrogen and oxygen atoms in total. The highest BCUT2D eigenvalue weighted by Gasteiger charge is 2.24. The van der Waals surface area contributed by atoms with E-state index in [-0.39, 0.29) is 0 Å². The average Bonchev–Trinajstić information content (AvgIpc) is 3.74. The lowest BCUT2D eigenvalue weighted by atomic mass is 9.96. The van der Waals surface area contributed by atoms with E-state index in [2.05, 4.69) is 99.7 Å². The zero-order valence-corrected chi connectivity index (χ0v) is 32.0. The molecule has 10 heteroatoms. The van der Waals surface area contributed by atoms with E-state index < -0.39 is 0 Å². The maximum absolute atomic E-state index is 10.7. The van der Waals surface area contributed by atoms with Crippen molar-refractivity contribution in [2.75, 3.05) is 0 Å². The van der Waals surface area contributed by atoms with Crippen molar-refractivity contribution in [2.24, 2.45) is 0 Å². The van der Waals surface area contributed by atoms with Gasteiger partial charge in [0.1, 0.15) is 23.3 Å². The lowest BCUT2D eigenvalue weighted by Gasteiger charge is -2.21. The SMILES string of the molecule is Cc1nc(C)nc(-c2ccc3c(c2)c2ccccc2n3-c2cc(C#N)cc(-n3c4ccccc4c4cc(-c5nc(C)nc(C)n5)ccc43)c2-c2cccc(C#N)c2)n1. The highest BCUT2D eigenvalue weighted by atomic mass is 15.0. The van der Waals surface area contributed by atoms with Gasteiger partial charge < -0.3 is 9.13 Å². The molecule has 4 aromatic heterocycles. The summed E-state index contributed by atoms with van der Waals surface area (Å²) >= 11 is 0. The van der Waals surface area contributed by atoms with Gasteiger partial charge in [0.15, 0.2) is 11.6 Å². The molecule has 0 saturated heterocycles. The fourth-order valence-corrected chi connectivity index (χ4v) is 8.30. The minimum Gasteiger partial charge on any atom is -0.308 e. The summed E-state index contributed by atoms with van der Waals surface area (Å²) in [7, 11) is 0. The third-order valence-electron chi connectivity index (χ3n) is 10.6. The number of rotatable bonds is 5. The molecule has 0 aliphatic heterocycles. The Hall–Kier alpha value is -8.08. The normalized spacial score (nSPS) is 11.4. The summed E-state index contributed by atoms with van der Waals surface area (Å²) in [5.41, 5.74) is 9.90. The lowest BCUT2D eigenvalue weighted by molar-refractivity contribution is 0.928. The summed E-state index contributed by atoms with van der Waals surface area (Å²) in [6.07, 6.45) is 0. The van der Waals surface area contributed by atoms with Gasteiger partial charge in [0.2, 0.25) is 0 Å². The number of benzene rings is 6.